The summed E-state index contributed by atoms with van der Waals surface area (Å²) < 4.78 is 0. The van der Waals surface area contributed by atoms with E-state index in [1.807, 2.05) is 19.1 Å². The predicted octanol–water partition coefficient (Wildman–Crippen LogP) is 1.88. The number of benzene rings is 1. The van der Waals surface area contributed by atoms with Crippen LogP contribution in [-0.2, 0) is 11.2 Å². The van der Waals surface area contributed by atoms with Gasteiger partial charge < -0.3 is 15.3 Å². The number of hydrogen-bond donors (Lipinski definition) is 2. The summed E-state index contributed by atoms with van der Waals surface area (Å²) in [6.45, 7) is 3.08. The molecule has 1 aromatic carbocycles. The molecule has 0 spiro atoms. The minimum atomic E-state index is -0.288. The molecule has 2 atom stereocenters. The van der Waals surface area contributed by atoms with Crippen LogP contribution in [0.5, 0.6) is 0 Å². The minimum Gasteiger partial charge on any atom is -0.393 e. The van der Waals surface area contributed by atoms with Crippen molar-refractivity contribution < 1.29 is 14.7 Å². The van der Waals surface area contributed by atoms with Crippen LogP contribution in [0.4, 0.5) is 5.69 Å². The Balaban J connectivity index is 1.65. The molecule has 3 rings (SSSR count). The zero-order chi connectivity index (χ0) is 16.4. The number of nitrogens with zero attached hydrogens (tertiary/aromatic N) is 1. The lowest BCUT2D eigenvalue weighted by Crippen LogP contribution is -2.32. The third-order valence-corrected chi connectivity index (χ3v) is 4.98. The van der Waals surface area contributed by atoms with E-state index in [0.29, 0.717) is 25.1 Å². The van der Waals surface area contributed by atoms with Gasteiger partial charge in [-0.05, 0) is 43.0 Å². The highest BCUT2D eigenvalue weighted by molar-refractivity contribution is 5.98. The van der Waals surface area contributed by atoms with Crippen LogP contribution in [0.3, 0.4) is 0 Å². The predicted molar refractivity (Wildman–Crippen MR) is 88.5 cm³/mol. The van der Waals surface area contributed by atoms with Crippen LogP contribution in [0.1, 0.15) is 48.5 Å². The van der Waals surface area contributed by atoms with Gasteiger partial charge in [0.2, 0.25) is 5.91 Å². The maximum Gasteiger partial charge on any atom is 0.251 e. The van der Waals surface area contributed by atoms with Gasteiger partial charge in [-0.15, -0.1) is 0 Å². The number of aliphatic hydroxyl groups is 1. The number of aliphatic hydroxyl groups excluding tert-OH is 1. The summed E-state index contributed by atoms with van der Waals surface area (Å²) in [5, 5.41) is 12.7. The molecule has 2 N–H and O–H groups in total. The minimum absolute atomic E-state index is 0.104. The molecule has 1 aliphatic heterocycles. The van der Waals surface area contributed by atoms with Crippen LogP contribution in [0.25, 0.3) is 0 Å². The fraction of sp³-hybridized carbons (Fsp3) is 0.556. The molecule has 2 amide bonds. The van der Waals surface area contributed by atoms with Gasteiger partial charge >= 0.3 is 0 Å². The summed E-state index contributed by atoms with van der Waals surface area (Å²) >= 11 is 0. The van der Waals surface area contributed by atoms with Gasteiger partial charge in [-0.25, -0.2) is 0 Å². The van der Waals surface area contributed by atoms with Crippen LogP contribution in [0, 0.1) is 5.92 Å². The summed E-state index contributed by atoms with van der Waals surface area (Å²) in [7, 11) is 0. The van der Waals surface area contributed by atoms with Gasteiger partial charge in [0.1, 0.15) is 0 Å². The Hall–Kier alpha value is -1.88. The normalized spacial score (nSPS) is 23.0. The summed E-state index contributed by atoms with van der Waals surface area (Å²) in [6.07, 6.45) is 3.83. The van der Waals surface area contributed by atoms with Gasteiger partial charge in [0.15, 0.2) is 0 Å². The Morgan fingerprint density at radius 1 is 1.35 bits per heavy atom. The molecule has 1 aliphatic carbocycles. The molecule has 2 aliphatic rings. The van der Waals surface area contributed by atoms with E-state index in [9.17, 15) is 14.7 Å². The molecule has 1 saturated carbocycles. The first-order chi connectivity index (χ1) is 11.1. The number of amides is 2. The third kappa shape index (κ3) is 3.24. The monoisotopic (exact) mass is 316 g/mol. The lowest BCUT2D eigenvalue weighted by Gasteiger charge is -2.17. The zero-order valence-electron chi connectivity index (χ0n) is 13.5. The van der Waals surface area contributed by atoms with Crippen molar-refractivity contribution >= 4 is 17.5 Å². The summed E-state index contributed by atoms with van der Waals surface area (Å²) in [5.74, 6) is 0.189. The van der Waals surface area contributed by atoms with Crippen LogP contribution < -0.4 is 10.2 Å². The Labute approximate surface area is 136 Å². The van der Waals surface area contributed by atoms with Crippen LogP contribution >= 0.6 is 0 Å². The highest BCUT2D eigenvalue weighted by Gasteiger charge is 2.27. The number of carbonyl (C=O) groups is 2. The van der Waals surface area contributed by atoms with E-state index in [-0.39, 0.29) is 23.8 Å². The second-order valence-electron chi connectivity index (χ2n) is 6.46. The SMILES string of the molecule is CCC(=O)N1CCc2cc(C(=O)NCC3CCCC3O)ccc21. The van der Waals surface area contributed by atoms with Crippen molar-refractivity contribution in [3.8, 4) is 0 Å². The lowest BCUT2D eigenvalue weighted by atomic mass is 10.1. The van der Waals surface area contributed by atoms with Gasteiger partial charge in [-0.1, -0.05) is 13.3 Å². The molecular weight excluding hydrogens is 292 g/mol. The van der Waals surface area contributed by atoms with E-state index in [2.05, 4.69) is 5.32 Å². The van der Waals surface area contributed by atoms with Gasteiger partial charge in [-0.3, -0.25) is 9.59 Å². The first-order valence-corrected chi connectivity index (χ1v) is 8.49. The Morgan fingerprint density at radius 2 is 2.17 bits per heavy atom. The second-order valence-corrected chi connectivity index (χ2v) is 6.46. The molecule has 1 heterocycles. The number of carbonyl (C=O) groups excluding carboxylic acids is 2. The fourth-order valence-electron chi connectivity index (χ4n) is 3.57. The van der Waals surface area contributed by atoms with Crippen molar-refractivity contribution in [1.29, 1.82) is 0 Å². The van der Waals surface area contributed by atoms with Crippen molar-refractivity contribution in [2.75, 3.05) is 18.0 Å². The van der Waals surface area contributed by atoms with Gasteiger partial charge in [0, 0.05) is 36.7 Å². The standard InChI is InChI=1S/C18H24N2O3/c1-2-17(22)20-9-8-12-10-13(6-7-15(12)20)18(23)19-11-14-4-3-5-16(14)21/h6-7,10,14,16,21H,2-5,8-9,11H2,1H3,(H,19,23). The van der Waals surface area contributed by atoms with E-state index in [4.69, 9.17) is 0 Å². The maximum absolute atomic E-state index is 12.3. The number of hydrogen-bond acceptors (Lipinski definition) is 3. The van der Waals surface area contributed by atoms with Crippen molar-refractivity contribution in [2.24, 2.45) is 5.92 Å². The first-order valence-electron chi connectivity index (χ1n) is 8.49. The van der Waals surface area contributed by atoms with Crippen LogP contribution in [0.15, 0.2) is 18.2 Å². The molecule has 124 valence electrons. The number of rotatable bonds is 4. The Bertz CT molecular complexity index is 614. The number of fused-ring (bicyclic) bond motifs is 1. The lowest BCUT2D eigenvalue weighted by molar-refractivity contribution is -0.118. The molecule has 5 heteroatoms. The van der Waals surface area contributed by atoms with Crippen LogP contribution in [-0.4, -0.2) is 36.1 Å². The van der Waals surface area contributed by atoms with Crippen molar-refractivity contribution in [3.63, 3.8) is 0 Å². The molecule has 0 radical (unpaired) electrons. The largest absolute Gasteiger partial charge is 0.393 e. The topological polar surface area (TPSA) is 69.6 Å². The van der Waals surface area contributed by atoms with Crippen LogP contribution in [0.2, 0.25) is 0 Å². The van der Waals surface area contributed by atoms with Gasteiger partial charge in [0.25, 0.3) is 5.91 Å². The van der Waals surface area contributed by atoms with E-state index >= 15 is 0 Å². The average Bonchev–Trinajstić information content (AvgIpc) is 3.17. The zero-order valence-corrected chi connectivity index (χ0v) is 13.5. The fourth-order valence-corrected chi connectivity index (χ4v) is 3.57. The average molecular weight is 316 g/mol. The summed E-state index contributed by atoms with van der Waals surface area (Å²) in [5.41, 5.74) is 2.61. The van der Waals surface area contributed by atoms with Crippen molar-refractivity contribution in [1.82, 2.24) is 5.32 Å². The highest BCUT2D eigenvalue weighted by atomic mass is 16.3. The summed E-state index contributed by atoms with van der Waals surface area (Å²) in [6, 6.07) is 5.54. The van der Waals surface area contributed by atoms with E-state index < -0.39 is 0 Å². The molecule has 0 saturated heterocycles. The third-order valence-electron chi connectivity index (χ3n) is 4.98. The quantitative estimate of drug-likeness (QED) is 0.891. The molecule has 0 bridgehead atoms. The smallest absolute Gasteiger partial charge is 0.251 e. The Kier molecular flexibility index (Phi) is 4.66. The first kappa shape index (κ1) is 16.0. The van der Waals surface area contributed by atoms with E-state index in [1.54, 1.807) is 11.0 Å². The number of nitrogens with one attached hydrogen (secondary N) is 1. The molecule has 1 fully saturated rings. The molecule has 2 unspecified atom stereocenters. The molecule has 1 aromatic rings. The number of anilines is 1. The molecule has 5 nitrogen and oxygen atoms in total. The highest BCUT2D eigenvalue weighted by Crippen LogP contribution is 2.29. The van der Waals surface area contributed by atoms with Crippen molar-refractivity contribution in [2.45, 2.75) is 45.1 Å². The van der Waals surface area contributed by atoms with Gasteiger partial charge in [0.05, 0.1) is 6.10 Å². The van der Waals surface area contributed by atoms with Crippen molar-refractivity contribution in [3.05, 3.63) is 29.3 Å². The second kappa shape index (κ2) is 6.71. The van der Waals surface area contributed by atoms with E-state index in [1.165, 1.54) is 0 Å². The summed E-state index contributed by atoms with van der Waals surface area (Å²) in [4.78, 5) is 26.0. The molecule has 0 aromatic heterocycles. The molecular formula is C18H24N2O3. The molecule has 23 heavy (non-hydrogen) atoms. The Morgan fingerprint density at radius 3 is 2.87 bits per heavy atom. The van der Waals surface area contributed by atoms with Gasteiger partial charge in [-0.2, -0.15) is 0 Å². The van der Waals surface area contributed by atoms with E-state index in [0.717, 1.165) is 36.9 Å². The maximum atomic E-state index is 12.3.